The summed E-state index contributed by atoms with van der Waals surface area (Å²) in [5.74, 6) is -0.449. The van der Waals surface area contributed by atoms with Crippen LogP contribution in [0.1, 0.15) is 28.8 Å². The molecule has 0 N–H and O–H groups in total. The zero-order valence-electron chi connectivity index (χ0n) is 10.8. The number of carbonyl (C=O) groups excluding carboxylic acids is 1. The van der Waals surface area contributed by atoms with Gasteiger partial charge in [0, 0.05) is 23.0 Å². The van der Waals surface area contributed by atoms with Crippen LogP contribution in [0.2, 0.25) is 0 Å². The van der Waals surface area contributed by atoms with Gasteiger partial charge < -0.3 is 4.90 Å². The van der Waals surface area contributed by atoms with E-state index in [-0.39, 0.29) is 10.8 Å². The monoisotopic (exact) mass is 307 g/mol. The van der Waals surface area contributed by atoms with Crippen molar-refractivity contribution in [1.29, 1.82) is 0 Å². The highest BCUT2D eigenvalue weighted by atomic mass is 32.1. The number of hydrogen-bond acceptors (Lipinski definition) is 3. The summed E-state index contributed by atoms with van der Waals surface area (Å²) >= 11 is 5.67. The summed E-state index contributed by atoms with van der Waals surface area (Å²) in [6.07, 6.45) is 2.09. The van der Waals surface area contributed by atoms with Crippen molar-refractivity contribution in [3.63, 3.8) is 0 Å². The van der Waals surface area contributed by atoms with Gasteiger partial charge in [0.2, 0.25) is 0 Å². The van der Waals surface area contributed by atoms with Crippen molar-refractivity contribution in [3.05, 3.63) is 52.0 Å². The molecule has 20 heavy (non-hydrogen) atoms. The van der Waals surface area contributed by atoms with Crippen LogP contribution in [0.15, 0.2) is 39.9 Å². The van der Waals surface area contributed by atoms with Gasteiger partial charge in [0.15, 0.2) is 0 Å². The number of rotatable bonds is 4. The summed E-state index contributed by atoms with van der Waals surface area (Å²) in [4.78, 5) is 14.7. The predicted octanol–water partition coefficient (Wildman–Crippen LogP) is 3.98. The first-order valence-corrected chi connectivity index (χ1v) is 7.84. The average Bonchev–Trinajstić information content (AvgIpc) is 3.15. The molecule has 0 bridgehead atoms. The third kappa shape index (κ3) is 2.88. The lowest BCUT2D eigenvalue weighted by Gasteiger charge is -2.22. The van der Waals surface area contributed by atoms with Crippen LogP contribution in [0, 0.1) is 5.82 Å². The molecule has 5 heteroatoms. The summed E-state index contributed by atoms with van der Waals surface area (Å²) < 4.78 is 13.2. The van der Waals surface area contributed by atoms with Crippen molar-refractivity contribution >= 4 is 29.9 Å². The zero-order valence-corrected chi connectivity index (χ0v) is 12.5. The molecule has 0 radical (unpaired) electrons. The summed E-state index contributed by atoms with van der Waals surface area (Å²) in [6, 6.07) is 6.67. The van der Waals surface area contributed by atoms with Gasteiger partial charge in [-0.2, -0.15) is 11.3 Å². The minimum absolute atomic E-state index is 0.0472. The van der Waals surface area contributed by atoms with Crippen LogP contribution in [-0.2, 0) is 6.54 Å². The van der Waals surface area contributed by atoms with Crippen molar-refractivity contribution in [2.24, 2.45) is 0 Å². The molecule has 1 aromatic carbocycles. The molecule has 1 heterocycles. The molecule has 1 aliphatic carbocycles. The Kier molecular flexibility index (Phi) is 3.81. The quantitative estimate of drug-likeness (QED) is 0.847. The molecule has 1 saturated carbocycles. The number of nitrogens with zero attached hydrogens (tertiary/aromatic N) is 1. The first kappa shape index (κ1) is 13.6. The Morgan fingerprint density at radius 1 is 1.40 bits per heavy atom. The van der Waals surface area contributed by atoms with Crippen LogP contribution in [0.25, 0.3) is 0 Å². The van der Waals surface area contributed by atoms with Crippen LogP contribution < -0.4 is 0 Å². The van der Waals surface area contributed by atoms with Crippen LogP contribution in [0.5, 0.6) is 0 Å². The van der Waals surface area contributed by atoms with E-state index in [1.165, 1.54) is 18.2 Å². The number of thiophene rings is 1. The Morgan fingerprint density at radius 3 is 2.80 bits per heavy atom. The van der Waals surface area contributed by atoms with Crippen LogP contribution in [0.3, 0.4) is 0 Å². The Balaban J connectivity index is 1.83. The Hall–Kier alpha value is -1.33. The smallest absolute Gasteiger partial charge is 0.254 e. The van der Waals surface area contributed by atoms with Crippen molar-refractivity contribution in [1.82, 2.24) is 4.90 Å². The fourth-order valence-electron chi connectivity index (χ4n) is 2.14. The van der Waals surface area contributed by atoms with E-state index in [9.17, 15) is 9.18 Å². The van der Waals surface area contributed by atoms with E-state index < -0.39 is 5.82 Å². The Bertz CT molecular complexity index is 623. The molecule has 0 unspecified atom stereocenters. The summed E-state index contributed by atoms with van der Waals surface area (Å²) in [7, 11) is 0. The second-order valence-corrected chi connectivity index (χ2v) is 6.22. The van der Waals surface area contributed by atoms with E-state index in [0.29, 0.717) is 18.2 Å². The lowest BCUT2D eigenvalue weighted by atomic mass is 10.1. The maximum atomic E-state index is 13.2. The SMILES string of the molecule is O=C(c1ccc(F)c(S)c1)N(Cc1ccsc1)C1CC1. The molecule has 0 aliphatic heterocycles. The van der Waals surface area contributed by atoms with E-state index in [2.05, 4.69) is 18.0 Å². The summed E-state index contributed by atoms with van der Waals surface area (Å²) in [5, 5.41) is 4.06. The number of amides is 1. The lowest BCUT2D eigenvalue weighted by Crippen LogP contribution is -2.32. The van der Waals surface area contributed by atoms with E-state index in [4.69, 9.17) is 0 Å². The molecule has 104 valence electrons. The molecule has 0 atom stereocenters. The Morgan fingerprint density at radius 2 is 2.20 bits per heavy atom. The number of thiol groups is 1. The van der Waals surface area contributed by atoms with Gasteiger partial charge in [-0.1, -0.05) is 0 Å². The standard InChI is InChI=1S/C15H14FNOS2/c16-13-4-1-11(7-14(13)19)15(18)17(12-2-3-12)8-10-5-6-20-9-10/h1,4-7,9,12,19H,2-3,8H2. The highest BCUT2D eigenvalue weighted by molar-refractivity contribution is 7.80. The third-order valence-corrected chi connectivity index (χ3v) is 4.45. The molecule has 1 fully saturated rings. The van der Waals surface area contributed by atoms with Crippen molar-refractivity contribution in [2.45, 2.75) is 30.3 Å². The van der Waals surface area contributed by atoms with E-state index in [1.54, 1.807) is 11.3 Å². The van der Waals surface area contributed by atoms with Crippen LogP contribution >= 0.6 is 24.0 Å². The first-order valence-electron chi connectivity index (χ1n) is 6.45. The second kappa shape index (κ2) is 5.58. The maximum Gasteiger partial charge on any atom is 0.254 e. The molecule has 1 aliphatic rings. The van der Waals surface area contributed by atoms with Gasteiger partial charge in [0.1, 0.15) is 5.82 Å². The number of benzene rings is 1. The number of halogens is 1. The fraction of sp³-hybridized carbons (Fsp3) is 0.267. The molecule has 1 aromatic heterocycles. The molecule has 0 spiro atoms. The van der Waals surface area contributed by atoms with Gasteiger partial charge in [-0.3, -0.25) is 4.79 Å². The van der Waals surface area contributed by atoms with Gasteiger partial charge in [-0.25, -0.2) is 4.39 Å². The fourth-order valence-corrected chi connectivity index (χ4v) is 3.02. The normalized spacial score (nSPS) is 14.3. The van der Waals surface area contributed by atoms with Gasteiger partial charge in [-0.05, 0) is 53.4 Å². The minimum atomic E-state index is -0.402. The molecular formula is C15H14FNOS2. The maximum absolute atomic E-state index is 13.2. The average molecular weight is 307 g/mol. The van der Waals surface area contributed by atoms with Crippen LogP contribution in [-0.4, -0.2) is 16.8 Å². The zero-order chi connectivity index (χ0) is 14.1. The van der Waals surface area contributed by atoms with Crippen molar-refractivity contribution < 1.29 is 9.18 Å². The van der Waals surface area contributed by atoms with Crippen molar-refractivity contribution in [2.75, 3.05) is 0 Å². The largest absolute Gasteiger partial charge is 0.331 e. The molecular weight excluding hydrogens is 293 g/mol. The van der Waals surface area contributed by atoms with E-state index in [0.717, 1.165) is 18.4 Å². The third-order valence-electron chi connectivity index (χ3n) is 3.37. The first-order chi connectivity index (χ1) is 9.65. The summed E-state index contributed by atoms with van der Waals surface area (Å²) in [6.45, 7) is 0.617. The molecule has 2 aromatic rings. The number of hydrogen-bond donors (Lipinski definition) is 1. The number of carbonyl (C=O) groups is 1. The van der Waals surface area contributed by atoms with Gasteiger partial charge in [0.25, 0.3) is 5.91 Å². The van der Waals surface area contributed by atoms with E-state index >= 15 is 0 Å². The summed E-state index contributed by atoms with van der Waals surface area (Å²) in [5.41, 5.74) is 1.64. The molecule has 2 nitrogen and oxygen atoms in total. The van der Waals surface area contributed by atoms with Crippen molar-refractivity contribution in [3.8, 4) is 0 Å². The minimum Gasteiger partial charge on any atom is -0.331 e. The van der Waals surface area contributed by atoms with Crippen LogP contribution in [0.4, 0.5) is 4.39 Å². The van der Waals surface area contributed by atoms with Gasteiger partial charge >= 0.3 is 0 Å². The predicted molar refractivity (Wildman–Crippen MR) is 80.9 cm³/mol. The molecule has 3 rings (SSSR count). The highest BCUT2D eigenvalue weighted by Crippen LogP contribution is 2.30. The Labute approximate surface area is 126 Å². The molecule has 1 amide bonds. The topological polar surface area (TPSA) is 20.3 Å². The second-order valence-electron chi connectivity index (χ2n) is 4.96. The highest BCUT2D eigenvalue weighted by Gasteiger charge is 2.33. The van der Waals surface area contributed by atoms with E-state index in [1.807, 2.05) is 16.3 Å². The molecule has 0 saturated heterocycles. The lowest BCUT2D eigenvalue weighted by molar-refractivity contribution is 0.0730. The van der Waals surface area contributed by atoms with Gasteiger partial charge in [0.05, 0.1) is 0 Å². The van der Waals surface area contributed by atoms with Gasteiger partial charge in [-0.15, -0.1) is 12.6 Å².